The van der Waals surface area contributed by atoms with Gasteiger partial charge in [-0.2, -0.15) is 5.26 Å². The maximum absolute atomic E-state index is 12.6. The van der Waals surface area contributed by atoms with Crippen molar-refractivity contribution in [3.05, 3.63) is 87.5 Å². The summed E-state index contributed by atoms with van der Waals surface area (Å²) >= 11 is 0. The lowest BCUT2D eigenvalue weighted by molar-refractivity contribution is -0.384. The first-order valence-electron chi connectivity index (χ1n) is 7.68. The average molecular weight is 380 g/mol. The number of rotatable bonds is 5. The van der Waals surface area contributed by atoms with E-state index >= 15 is 0 Å². The van der Waals surface area contributed by atoms with Gasteiger partial charge in [-0.1, -0.05) is 30.3 Å². The summed E-state index contributed by atoms with van der Waals surface area (Å²) in [5.41, 5.74) is 0.374. The average Bonchev–Trinajstić information content (AvgIpc) is 3.15. The molecule has 0 N–H and O–H groups in total. The van der Waals surface area contributed by atoms with Crippen molar-refractivity contribution >= 4 is 21.6 Å². The van der Waals surface area contributed by atoms with E-state index in [1.807, 2.05) is 0 Å². The summed E-state index contributed by atoms with van der Waals surface area (Å²) < 4.78 is 30.7. The van der Waals surface area contributed by atoms with Crippen molar-refractivity contribution in [2.75, 3.05) is 0 Å². The third-order valence-corrected chi connectivity index (χ3v) is 5.38. The van der Waals surface area contributed by atoms with Crippen molar-refractivity contribution in [1.29, 1.82) is 5.26 Å². The Bertz CT molecular complexity index is 1170. The van der Waals surface area contributed by atoms with Gasteiger partial charge >= 0.3 is 0 Å². The number of nitriles is 1. The number of hydrogen-bond acceptors (Lipinski definition) is 6. The number of benzene rings is 2. The number of hydrogen-bond donors (Lipinski definition) is 0. The Morgan fingerprint density at radius 1 is 1.07 bits per heavy atom. The largest absolute Gasteiger partial charge is 0.457 e. The molecule has 0 aliphatic heterocycles. The van der Waals surface area contributed by atoms with Crippen LogP contribution in [0.15, 0.2) is 80.9 Å². The van der Waals surface area contributed by atoms with Gasteiger partial charge in [0.2, 0.25) is 9.84 Å². The van der Waals surface area contributed by atoms with E-state index in [0.717, 1.165) is 6.08 Å². The van der Waals surface area contributed by atoms with E-state index < -0.39 is 19.7 Å². The fourth-order valence-corrected chi connectivity index (χ4v) is 3.54. The molecular formula is C19H12N2O5S. The molecular weight excluding hydrogens is 368 g/mol. The molecule has 0 saturated heterocycles. The van der Waals surface area contributed by atoms with Gasteiger partial charge < -0.3 is 4.42 Å². The minimum atomic E-state index is -3.97. The smallest absolute Gasteiger partial charge is 0.270 e. The first-order valence-corrected chi connectivity index (χ1v) is 9.17. The van der Waals surface area contributed by atoms with Gasteiger partial charge in [0, 0.05) is 23.8 Å². The second-order valence-electron chi connectivity index (χ2n) is 5.45. The molecule has 1 heterocycles. The van der Waals surface area contributed by atoms with E-state index in [2.05, 4.69) is 0 Å². The Balaban J connectivity index is 1.97. The molecule has 7 nitrogen and oxygen atoms in total. The normalized spacial score (nSPS) is 11.7. The van der Waals surface area contributed by atoms with Crippen LogP contribution in [0.1, 0.15) is 5.76 Å². The highest BCUT2D eigenvalue weighted by Crippen LogP contribution is 2.28. The standard InChI is InChI=1S/C19H12N2O5S/c20-13-18(27(24,25)17-7-2-1-3-8-17)12-16-9-10-19(26-16)14-5-4-6-15(11-14)21(22)23/h1-12H. The Labute approximate surface area is 154 Å². The van der Waals surface area contributed by atoms with Crippen LogP contribution >= 0.6 is 0 Å². The van der Waals surface area contributed by atoms with Gasteiger partial charge in [0.1, 0.15) is 17.6 Å². The lowest BCUT2D eigenvalue weighted by Crippen LogP contribution is -2.03. The van der Waals surface area contributed by atoms with Crippen molar-refractivity contribution < 1.29 is 17.8 Å². The van der Waals surface area contributed by atoms with Crippen LogP contribution in [-0.2, 0) is 9.84 Å². The van der Waals surface area contributed by atoms with Gasteiger partial charge in [-0.05, 0) is 24.3 Å². The minimum absolute atomic E-state index is 0.00302. The Kier molecular flexibility index (Phi) is 4.88. The quantitative estimate of drug-likeness (QED) is 0.372. The van der Waals surface area contributed by atoms with Crippen molar-refractivity contribution in [3.8, 4) is 17.4 Å². The van der Waals surface area contributed by atoms with Gasteiger partial charge in [-0.25, -0.2) is 8.42 Å². The number of allylic oxidation sites excluding steroid dienone is 1. The van der Waals surface area contributed by atoms with Crippen molar-refractivity contribution in [3.63, 3.8) is 0 Å². The molecule has 0 fully saturated rings. The van der Waals surface area contributed by atoms with Crippen LogP contribution in [0.25, 0.3) is 17.4 Å². The maximum atomic E-state index is 12.6. The predicted molar refractivity (Wildman–Crippen MR) is 98.0 cm³/mol. The third kappa shape index (κ3) is 3.78. The monoisotopic (exact) mass is 380 g/mol. The summed E-state index contributed by atoms with van der Waals surface area (Å²) in [5.74, 6) is 0.465. The highest BCUT2D eigenvalue weighted by atomic mass is 32.2. The fourth-order valence-electron chi connectivity index (χ4n) is 2.38. The summed E-state index contributed by atoms with van der Waals surface area (Å²) in [4.78, 5) is 9.90. The molecule has 0 unspecified atom stereocenters. The van der Waals surface area contributed by atoms with Crippen LogP contribution in [0.2, 0.25) is 0 Å². The maximum Gasteiger partial charge on any atom is 0.270 e. The number of non-ortho nitro benzene ring substituents is 1. The van der Waals surface area contributed by atoms with E-state index in [4.69, 9.17) is 4.42 Å². The fraction of sp³-hybridized carbons (Fsp3) is 0. The Hall–Kier alpha value is -3.70. The number of nitro benzene ring substituents is 1. The van der Waals surface area contributed by atoms with Crippen LogP contribution in [0.4, 0.5) is 5.69 Å². The highest BCUT2D eigenvalue weighted by Gasteiger charge is 2.21. The lowest BCUT2D eigenvalue weighted by atomic mass is 10.1. The van der Waals surface area contributed by atoms with E-state index in [1.165, 1.54) is 36.4 Å². The van der Waals surface area contributed by atoms with Gasteiger partial charge in [-0.3, -0.25) is 10.1 Å². The van der Waals surface area contributed by atoms with E-state index in [0.29, 0.717) is 11.3 Å². The topological polar surface area (TPSA) is 114 Å². The second-order valence-corrected chi connectivity index (χ2v) is 7.36. The molecule has 1 aromatic heterocycles. The van der Waals surface area contributed by atoms with Gasteiger partial charge in [0.25, 0.3) is 5.69 Å². The molecule has 0 aliphatic rings. The van der Waals surface area contributed by atoms with Crippen molar-refractivity contribution in [2.45, 2.75) is 4.90 Å². The molecule has 2 aromatic carbocycles. The molecule has 0 radical (unpaired) electrons. The van der Waals surface area contributed by atoms with Gasteiger partial charge in [0.15, 0.2) is 4.91 Å². The van der Waals surface area contributed by atoms with Crippen LogP contribution in [0.3, 0.4) is 0 Å². The summed E-state index contributed by atoms with van der Waals surface area (Å²) in [6.45, 7) is 0. The number of nitrogens with zero attached hydrogens (tertiary/aromatic N) is 2. The molecule has 134 valence electrons. The summed E-state index contributed by atoms with van der Waals surface area (Å²) in [7, 11) is -3.97. The molecule has 3 rings (SSSR count). The first kappa shape index (κ1) is 18.1. The molecule has 0 saturated carbocycles. The van der Waals surface area contributed by atoms with Crippen LogP contribution < -0.4 is 0 Å². The number of furan rings is 1. The molecule has 0 aliphatic carbocycles. The third-order valence-electron chi connectivity index (χ3n) is 3.69. The zero-order valence-corrected chi connectivity index (χ0v) is 14.6. The van der Waals surface area contributed by atoms with Crippen molar-refractivity contribution in [2.24, 2.45) is 0 Å². The molecule has 0 spiro atoms. The molecule has 8 heteroatoms. The van der Waals surface area contributed by atoms with Crippen LogP contribution in [0.5, 0.6) is 0 Å². The molecule has 0 bridgehead atoms. The van der Waals surface area contributed by atoms with Gasteiger partial charge in [-0.15, -0.1) is 0 Å². The molecule has 3 aromatic rings. The zero-order chi connectivity index (χ0) is 19.4. The predicted octanol–water partition coefficient (Wildman–Crippen LogP) is 4.19. The van der Waals surface area contributed by atoms with Gasteiger partial charge in [0.05, 0.1) is 9.82 Å². The number of sulfone groups is 1. The lowest BCUT2D eigenvalue weighted by Gasteiger charge is -2.02. The zero-order valence-electron chi connectivity index (χ0n) is 13.8. The van der Waals surface area contributed by atoms with E-state index in [1.54, 1.807) is 36.4 Å². The molecule has 0 atom stereocenters. The highest BCUT2D eigenvalue weighted by molar-refractivity contribution is 7.95. The van der Waals surface area contributed by atoms with Crippen LogP contribution in [0, 0.1) is 21.4 Å². The Morgan fingerprint density at radius 3 is 2.48 bits per heavy atom. The number of nitro groups is 1. The Morgan fingerprint density at radius 2 is 1.81 bits per heavy atom. The van der Waals surface area contributed by atoms with E-state index in [-0.39, 0.29) is 16.3 Å². The summed E-state index contributed by atoms with van der Waals surface area (Å²) in [5, 5.41) is 20.2. The van der Waals surface area contributed by atoms with Crippen LogP contribution in [-0.4, -0.2) is 13.3 Å². The van der Waals surface area contributed by atoms with Crippen molar-refractivity contribution in [1.82, 2.24) is 0 Å². The molecule has 0 amide bonds. The molecule has 27 heavy (non-hydrogen) atoms. The summed E-state index contributed by atoms with van der Waals surface area (Å²) in [6.07, 6.45) is 1.13. The van der Waals surface area contributed by atoms with E-state index in [9.17, 15) is 23.8 Å². The second kappa shape index (κ2) is 7.27. The first-order chi connectivity index (χ1) is 12.9. The summed E-state index contributed by atoms with van der Waals surface area (Å²) in [6, 6.07) is 18.2. The SMILES string of the molecule is N#CC(=Cc1ccc(-c2cccc([N+](=O)[O-])c2)o1)S(=O)(=O)c1ccccc1. The minimum Gasteiger partial charge on any atom is -0.457 e.